The molecule has 0 aliphatic rings. The third kappa shape index (κ3) is 3.28. The van der Waals surface area contributed by atoms with E-state index in [2.05, 4.69) is 4.74 Å². The van der Waals surface area contributed by atoms with Crippen LogP contribution < -0.4 is 10.5 Å². The lowest BCUT2D eigenvalue weighted by molar-refractivity contribution is -0.274. The Hall–Kier alpha value is -1.44. The van der Waals surface area contributed by atoms with Gasteiger partial charge in [-0.25, -0.2) is 8.42 Å². The standard InChI is InChI=1S/C10H12F3NO3S/c1-6(2)18(15,16)7-3-4-9(8(14)5-7)17-10(11,12)13/h3-6H,14H2,1-2H3. The van der Waals surface area contributed by atoms with Crippen LogP contribution in [0.25, 0.3) is 0 Å². The van der Waals surface area contributed by atoms with Crippen molar-refractivity contribution in [2.75, 3.05) is 5.73 Å². The van der Waals surface area contributed by atoms with E-state index in [1.54, 1.807) is 0 Å². The van der Waals surface area contributed by atoms with Crippen LogP contribution in [0, 0.1) is 0 Å². The molecule has 1 rings (SSSR count). The number of nitrogens with two attached hydrogens (primary N) is 1. The Morgan fingerprint density at radius 1 is 1.28 bits per heavy atom. The molecule has 0 aliphatic carbocycles. The zero-order valence-corrected chi connectivity index (χ0v) is 10.5. The summed E-state index contributed by atoms with van der Waals surface area (Å²) in [5, 5.41) is -0.689. The summed E-state index contributed by atoms with van der Waals surface area (Å²) in [6, 6.07) is 2.88. The molecular formula is C10H12F3NO3S. The maximum absolute atomic E-state index is 12.0. The lowest BCUT2D eigenvalue weighted by Crippen LogP contribution is -2.19. The molecule has 4 nitrogen and oxygen atoms in total. The van der Waals surface area contributed by atoms with E-state index in [-0.39, 0.29) is 10.6 Å². The maximum Gasteiger partial charge on any atom is 0.573 e. The molecular weight excluding hydrogens is 271 g/mol. The number of sulfone groups is 1. The van der Waals surface area contributed by atoms with E-state index in [1.165, 1.54) is 13.8 Å². The number of anilines is 1. The fourth-order valence-electron chi connectivity index (χ4n) is 1.19. The quantitative estimate of drug-likeness (QED) is 0.864. The van der Waals surface area contributed by atoms with E-state index in [1.807, 2.05) is 0 Å². The molecule has 0 saturated carbocycles. The van der Waals surface area contributed by atoms with Gasteiger partial charge in [0.1, 0.15) is 0 Å². The maximum atomic E-state index is 12.0. The van der Waals surface area contributed by atoms with Gasteiger partial charge in [-0.1, -0.05) is 0 Å². The number of nitrogen functional groups attached to an aromatic ring is 1. The Bertz CT molecular complexity index is 538. The first-order valence-electron chi connectivity index (χ1n) is 4.93. The molecule has 0 saturated heterocycles. The highest BCUT2D eigenvalue weighted by molar-refractivity contribution is 7.92. The molecule has 0 atom stereocenters. The first-order chi connectivity index (χ1) is 8.04. The fraction of sp³-hybridized carbons (Fsp3) is 0.400. The second kappa shape index (κ2) is 4.68. The van der Waals surface area contributed by atoms with Crippen LogP contribution in [-0.4, -0.2) is 20.0 Å². The zero-order valence-electron chi connectivity index (χ0n) is 9.65. The largest absolute Gasteiger partial charge is 0.573 e. The van der Waals surface area contributed by atoms with Crippen molar-refractivity contribution >= 4 is 15.5 Å². The van der Waals surface area contributed by atoms with Gasteiger partial charge in [0.2, 0.25) is 0 Å². The van der Waals surface area contributed by atoms with Crippen molar-refractivity contribution in [2.24, 2.45) is 0 Å². The molecule has 102 valence electrons. The van der Waals surface area contributed by atoms with Gasteiger partial charge in [0.15, 0.2) is 15.6 Å². The van der Waals surface area contributed by atoms with E-state index in [0.29, 0.717) is 0 Å². The Balaban J connectivity index is 3.15. The van der Waals surface area contributed by atoms with E-state index in [4.69, 9.17) is 5.73 Å². The number of hydrogen-bond acceptors (Lipinski definition) is 4. The lowest BCUT2D eigenvalue weighted by atomic mass is 10.3. The number of ether oxygens (including phenoxy) is 1. The average Bonchev–Trinajstić information content (AvgIpc) is 2.18. The lowest BCUT2D eigenvalue weighted by Gasteiger charge is -2.13. The fourth-order valence-corrected chi connectivity index (χ4v) is 2.29. The highest BCUT2D eigenvalue weighted by atomic mass is 32.2. The van der Waals surface area contributed by atoms with Crippen molar-refractivity contribution in [2.45, 2.75) is 30.4 Å². The summed E-state index contributed by atoms with van der Waals surface area (Å²) in [7, 11) is -3.58. The van der Waals surface area contributed by atoms with Gasteiger partial charge in [-0.05, 0) is 32.0 Å². The van der Waals surface area contributed by atoms with Gasteiger partial charge < -0.3 is 10.5 Å². The highest BCUT2D eigenvalue weighted by Crippen LogP contribution is 2.31. The van der Waals surface area contributed by atoms with Gasteiger partial charge in [-0.3, -0.25) is 0 Å². The zero-order chi connectivity index (χ0) is 14.1. The van der Waals surface area contributed by atoms with Crippen molar-refractivity contribution in [1.82, 2.24) is 0 Å². The van der Waals surface area contributed by atoms with Crippen molar-refractivity contribution < 1.29 is 26.3 Å². The van der Waals surface area contributed by atoms with Crippen LogP contribution in [0.4, 0.5) is 18.9 Å². The summed E-state index contributed by atoms with van der Waals surface area (Å²) >= 11 is 0. The van der Waals surface area contributed by atoms with Crippen LogP contribution in [0.2, 0.25) is 0 Å². The van der Waals surface area contributed by atoms with Crippen molar-refractivity contribution in [3.63, 3.8) is 0 Å². The monoisotopic (exact) mass is 283 g/mol. The molecule has 0 aromatic heterocycles. The van der Waals surface area contributed by atoms with Crippen LogP contribution >= 0.6 is 0 Å². The van der Waals surface area contributed by atoms with E-state index in [0.717, 1.165) is 18.2 Å². The van der Waals surface area contributed by atoms with Crippen molar-refractivity contribution in [3.05, 3.63) is 18.2 Å². The summed E-state index contributed by atoms with van der Waals surface area (Å²) in [6.45, 7) is 2.93. The van der Waals surface area contributed by atoms with Crippen LogP contribution in [0.15, 0.2) is 23.1 Å². The second-order valence-electron chi connectivity index (χ2n) is 3.84. The summed E-state index contributed by atoms with van der Waals surface area (Å²) in [5.41, 5.74) is 4.96. The third-order valence-corrected chi connectivity index (χ3v) is 4.31. The van der Waals surface area contributed by atoms with Gasteiger partial charge in [0.05, 0.1) is 15.8 Å². The Kier molecular flexibility index (Phi) is 3.80. The third-order valence-electron chi connectivity index (χ3n) is 2.16. The molecule has 8 heteroatoms. The summed E-state index contributed by atoms with van der Waals surface area (Å²) in [5.74, 6) is -0.620. The minimum absolute atomic E-state index is 0.135. The smallest absolute Gasteiger partial charge is 0.404 e. The molecule has 0 radical (unpaired) electrons. The minimum Gasteiger partial charge on any atom is -0.404 e. The van der Waals surface area contributed by atoms with Crippen molar-refractivity contribution in [1.29, 1.82) is 0 Å². The average molecular weight is 283 g/mol. The first kappa shape index (κ1) is 14.6. The predicted octanol–water partition coefficient (Wildman–Crippen LogP) is 2.35. The Morgan fingerprint density at radius 3 is 2.22 bits per heavy atom. The Labute approximate surface area is 102 Å². The molecule has 0 heterocycles. The van der Waals surface area contributed by atoms with Gasteiger partial charge in [-0.2, -0.15) is 0 Å². The normalized spacial score (nSPS) is 12.8. The number of hydrogen-bond donors (Lipinski definition) is 1. The number of benzene rings is 1. The topological polar surface area (TPSA) is 69.4 Å². The molecule has 0 bridgehead atoms. The minimum atomic E-state index is -4.87. The highest BCUT2D eigenvalue weighted by Gasteiger charge is 2.32. The molecule has 2 N–H and O–H groups in total. The van der Waals surface area contributed by atoms with Gasteiger partial charge in [0.25, 0.3) is 0 Å². The molecule has 0 amide bonds. The molecule has 0 spiro atoms. The predicted molar refractivity (Wildman–Crippen MR) is 59.9 cm³/mol. The first-order valence-corrected chi connectivity index (χ1v) is 6.48. The molecule has 0 unspecified atom stereocenters. The molecule has 0 fully saturated rings. The van der Waals surface area contributed by atoms with Crippen LogP contribution in [0.1, 0.15) is 13.8 Å². The van der Waals surface area contributed by atoms with Gasteiger partial charge in [-0.15, -0.1) is 13.2 Å². The molecule has 1 aromatic rings. The van der Waals surface area contributed by atoms with Gasteiger partial charge in [0, 0.05) is 0 Å². The number of halogens is 3. The van der Waals surface area contributed by atoms with E-state index >= 15 is 0 Å². The molecule has 1 aromatic carbocycles. The number of alkyl halides is 3. The summed E-state index contributed by atoms with van der Waals surface area (Å²) < 4.78 is 63.1. The van der Waals surface area contributed by atoms with E-state index in [9.17, 15) is 21.6 Å². The molecule has 0 aliphatic heterocycles. The van der Waals surface area contributed by atoms with Crippen molar-refractivity contribution in [3.8, 4) is 5.75 Å². The van der Waals surface area contributed by atoms with Crippen LogP contribution in [-0.2, 0) is 9.84 Å². The number of rotatable bonds is 3. The second-order valence-corrected chi connectivity index (χ2v) is 6.35. The van der Waals surface area contributed by atoms with Crippen LogP contribution in [0.5, 0.6) is 5.75 Å². The van der Waals surface area contributed by atoms with Crippen LogP contribution in [0.3, 0.4) is 0 Å². The Morgan fingerprint density at radius 2 is 1.83 bits per heavy atom. The summed E-state index contributed by atoms with van der Waals surface area (Å²) in [4.78, 5) is -0.135. The SMILES string of the molecule is CC(C)S(=O)(=O)c1ccc(OC(F)(F)F)c(N)c1. The van der Waals surface area contributed by atoms with Gasteiger partial charge >= 0.3 is 6.36 Å². The summed E-state index contributed by atoms with van der Waals surface area (Å²) in [6.07, 6.45) is -4.87. The van der Waals surface area contributed by atoms with E-state index < -0.39 is 27.2 Å². The molecule has 18 heavy (non-hydrogen) atoms.